The molecular weight excluding hydrogens is 374 g/mol. The molecule has 0 radical (unpaired) electrons. The SMILES string of the molecule is COc1ccc(OC)c(CN2CCN(C(=O)c3conc3C3CCCO3)CC2)c1. The fraction of sp³-hybridized carbons (Fsp3) is 0.524. The van der Waals surface area contributed by atoms with Crippen molar-refractivity contribution < 1.29 is 23.5 Å². The summed E-state index contributed by atoms with van der Waals surface area (Å²) in [5.41, 5.74) is 2.24. The van der Waals surface area contributed by atoms with Gasteiger partial charge in [0.1, 0.15) is 35.1 Å². The molecule has 2 aliphatic heterocycles. The zero-order chi connectivity index (χ0) is 20.2. The first-order valence-electron chi connectivity index (χ1n) is 9.98. The monoisotopic (exact) mass is 401 g/mol. The summed E-state index contributed by atoms with van der Waals surface area (Å²) in [4.78, 5) is 17.2. The topological polar surface area (TPSA) is 77.3 Å². The Kier molecular flexibility index (Phi) is 6.01. The van der Waals surface area contributed by atoms with Crippen LogP contribution in [0.1, 0.15) is 40.6 Å². The highest BCUT2D eigenvalue weighted by molar-refractivity contribution is 5.95. The second-order valence-corrected chi connectivity index (χ2v) is 7.36. The molecule has 0 spiro atoms. The number of carbonyl (C=O) groups is 1. The standard InChI is InChI=1S/C21H27N3O5/c1-26-16-5-6-18(27-2)15(12-16)13-23-7-9-24(10-8-23)21(25)17-14-29-22-20(17)19-4-3-11-28-19/h5-6,12,14,19H,3-4,7-11,13H2,1-2H3. The summed E-state index contributed by atoms with van der Waals surface area (Å²) in [6, 6.07) is 5.82. The van der Waals surface area contributed by atoms with Crippen molar-refractivity contribution in [2.45, 2.75) is 25.5 Å². The Labute approximate surface area is 170 Å². The fourth-order valence-corrected chi connectivity index (χ4v) is 3.96. The lowest BCUT2D eigenvalue weighted by atomic mass is 10.1. The number of benzene rings is 1. The van der Waals surface area contributed by atoms with Crippen LogP contribution in [0.15, 0.2) is 29.0 Å². The summed E-state index contributed by atoms with van der Waals surface area (Å²) >= 11 is 0. The minimum atomic E-state index is -0.130. The van der Waals surface area contributed by atoms with Crippen molar-refractivity contribution in [1.82, 2.24) is 15.0 Å². The van der Waals surface area contributed by atoms with Crippen LogP contribution in [0, 0.1) is 0 Å². The number of hydrogen-bond donors (Lipinski definition) is 0. The van der Waals surface area contributed by atoms with E-state index in [1.165, 1.54) is 6.26 Å². The summed E-state index contributed by atoms with van der Waals surface area (Å²) in [7, 11) is 3.33. The molecule has 0 N–H and O–H groups in total. The number of methoxy groups -OCH3 is 2. The Morgan fingerprint density at radius 3 is 2.72 bits per heavy atom. The highest BCUT2D eigenvalue weighted by atomic mass is 16.5. The van der Waals surface area contributed by atoms with Gasteiger partial charge in [0.2, 0.25) is 0 Å². The van der Waals surface area contributed by atoms with E-state index in [0.29, 0.717) is 31.0 Å². The molecule has 0 aliphatic carbocycles. The third-order valence-corrected chi connectivity index (χ3v) is 5.60. The molecule has 4 rings (SSSR count). The average Bonchev–Trinajstić information content (AvgIpc) is 3.45. The van der Waals surface area contributed by atoms with Gasteiger partial charge in [-0.25, -0.2) is 0 Å². The Balaban J connectivity index is 1.38. The van der Waals surface area contributed by atoms with E-state index >= 15 is 0 Å². The van der Waals surface area contributed by atoms with Gasteiger partial charge >= 0.3 is 0 Å². The minimum Gasteiger partial charge on any atom is -0.497 e. The first kappa shape index (κ1) is 19.7. The lowest BCUT2D eigenvalue weighted by Gasteiger charge is -2.35. The Hall–Kier alpha value is -2.58. The summed E-state index contributed by atoms with van der Waals surface area (Å²) in [5.74, 6) is 1.62. The molecule has 2 aromatic rings. The van der Waals surface area contributed by atoms with Crippen molar-refractivity contribution in [3.05, 3.63) is 41.3 Å². The Morgan fingerprint density at radius 1 is 1.21 bits per heavy atom. The van der Waals surface area contributed by atoms with Gasteiger partial charge in [0, 0.05) is 44.9 Å². The molecule has 1 unspecified atom stereocenters. The van der Waals surface area contributed by atoms with Gasteiger partial charge in [0.05, 0.1) is 14.2 Å². The van der Waals surface area contributed by atoms with Gasteiger partial charge in [-0.1, -0.05) is 5.16 Å². The summed E-state index contributed by atoms with van der Waals surface area (Å²) in [6.07, 6.45) is 3.18. The molecule has 2 aliphatic rings. The first-order valence-corrected chi connectivity index (χ1v) is 9.98. The van der Waals surface area contributed by atoms with E-state index in [4.69, 9.17) is 18.7 Å². The van der Waals surface area contributed by atoms with E-state index in [-0.39, 0.29) is 12.0 Å². The number of piperazine rings is 1. The number of carbonyl (C=O) groups excluding carboxylic acids is 1. The van der Waals surface area contributed by atoms with E-state index in [0.717, 1.165) is 49.5 Å². The number of ether oxygens (including phenoxy) is 3. The third-order valence-electron chi connectivity index (χ3n) is 5.60. The van der Waals surface area contributed by atoms with Crippen LogP contribution in [-0.4, -0.2) is 67.9 Å². The largest absolute Gasteiger partial charge is 0.497 e. The summed E-state index contributed by atoms with van der Waals surface area (Å²) < 4.78 is 21.6. The maximum atomic E-state index is 13.0. The van der Waals surface area contributed by atoms with E-state index in [1.807, 2.05) is 23.1 Å². The molecule has 1 aromatic heterocycles. The number of aromatic nitrogens is 1. The predicted octanol–water partition coefficient (Wildman–Crippen LogP) is 2.50. The molecule has 1 atom stereocenters. The molecule has 1 amide bonds. The van der Waals surface area contributed by atoms with Crippen LogP contribution in [0.4, 0.5) is 0 Å². The lowest BCUT2D eigenvalue weighted by Crippen LogP contribution is -2.48. The minimum absolute atomic E-state index is 0.0321. The normalized spacial score (nSPS) is 20.1. The van der Waals surface area contributed by atoms with Crippen LogP contribution in [-0.2, 0) is 11.3 Å². The van der Waals surface area contributed by atoms with Crippen LogP contribution < -0.4 is 9.47 Å². The average molecular weight is 401 g/mol. The van der Waals surface area contributed by atoms with Gasteiger partial charge < -0.3 is 23.6 Å². The van der Waals surface area contributed by atoms with Crippen LogP contribution in [0.5, 0.6) is 11.5 Å². The number of rotatable bonds is 6. The Morgan fingerprint density at radius 2 is 2.03 bits per heavy atom. The van der Waals surface area contributed by atoms with Gasteiger partial charge in [0.25, 0.3) is 5.91 Å². The van der Waals surface area contributed by atoms with Crippen LogP contribution in [0.25, 0.3) is 0 Å². The molecule has 0 saturated carbocycles. The molecule has 29 heavy (non-hydrogen) atoms. The van der Waals surface area contributed by atoms with Gasteiger partial charge in [-0.2, -0.15) is 0 Å². The summed E-state index contributed by atoms with van der Waals surface area (Å²) in [5, 5.41) is 4.04. The number of hydrogen-bond acceptors (Lipinski definition) is 7. The first-order chi connectivity index (χ1) is 14.2. The molecular formula is C21H27N3O5. The number of nitrogens with zero attached hydrogens (tertiary/aromatic N) is 3. The quantitative estimate of drug-likeness (QED) is 0.736. The maximum Gasteiger partial charge on any atom is 0.259 e. The van der Waals surface area contributed by atoms with Crippen LogP contribution >= 0.6 is 0 Å². The van der Waals surface area contributed by atoms with Crippen molar-refractivity contribution in [2.75, 3.05) is 47.0 Å². The molecule has 8 heteroatoms. The van der Waals surface area contributed by atoms with E-state index in [1.54, 1.807) is 14.2 Å². The van der Waals surface area contributed by atoms with Crippen molar-refractivity contribution in [2.24, 2.45) is 0 Å². The second kappa shape index (κ2) is 8.84. The third kappa shape index (κ3) is 4.23. The van der Waals surface area contributed by atoms with Gasteiger partial charge in [-0.3, -0.25) is 9.69 Å². The van der Waals surface area contributed by atoms with E-state index in [2.05, 4.69) is 10.1 Å². The molecule has 3 heterocycles. The van der Waals surface area contributed by atoms with E-state index in [9.17, 15) is 4.79 Å². The van der Waals surface area contributed by atoms with E-state index < -0.39 is 0 Å². The molecule has 1 aromatic carbocycles. The predicted molar refractivity (Wildman–Crippen MR) is 105 cm³/mol. The zero-order valence-corrected chi connectivity index (χ0v) is 16.9. The smallest absolute Gasteiger partial charge is 0.259 e. The zero-order valence-electron chi connectivity index (χ0n) is 16.9. The second-order valence-electron chi connectivity index (χ2n) is 7.36. The summed E-state index contributed by atoms with van der Waals surface area (Å²) in [6.45, 7) is 4.33. The fourth-order valence-electron chi connectivity index (χ4n) is 3.96. The molecule has 2 fully saturated rings. The molecule has 156 valence electrons. The number of amides is 1. The Bertz CT molecular complexity index is 839. The van der Waals surface area contributed by atoms with Gasteiger partial charge in [-0.15, -0.1) is 0 Å². The van der Waals surface area contributed by atoms with Crippen molar-refractivity contribution >= 4 is 5.91 Å². The molecule has 8 nitrogen and oxygen atoms in total. The lowest BCUT2D eigenvalue weighted by molar-refractivity contribution is 0.0615. The van der Waals surface area contributed by atoms with Gasteiger partial charge in [-0.05, 0) is 31.0 Å². The van der Waals surface area contributed by atoms with Gasteiger partial charge in [0.15, 0.2) is 0 Å². The maximum absolute atomic E-state index is 13.0. The van der Waals surface area contributed by atoms with Crippen LogP contribution in [0.3, 0.4) is 0 Å². The van der Waals surface area contributed by atoms with Crippen LogP contribution in [0.2, 0.25) is 0 Å². The highest BCUT2D eigenvalue weighted by Crippen LogP contribution is 2.30. The van der Waals surface area contributed by atoms with Crippen molar-refractivity contribution in [3.63, 3.8) is 0 Å². The molecule has 2 saturated heterocycles. The molecule has 0 bridgehead atoms. The highest BCUT2D eigenvalue weighted by Gasteiger charge is 2.31. The van der Waals surface area contributed by atoms with Crippen molar-refractivity contribution in [1.29, 1.82) is 0 Å². The van der Waals surface area contributed by atoms with Crippen molar-refractivity contribution in [3.8, 4) is 11.5 Å².